The van der Waals surface area contributed by atoms with Gasteiger partial charge >= 0.3 is 5.97 Å². The zero-order valence-corrected chi connectivity index (χ0v) is 14.8. The second kappa shape index (κ2) is 8.65. The first-order chi connectivity index (χ1) is 11.5. The zero-order valence-electron chi connectivity index (χ0n) is 14.8. The van der Waals surface area contributed by atoms with Crippen LogP contribution in [0.25, 0.3) is 0 Å². The molecule has 0 radical (unpaired) electrons. The molecule has 1 atom stereocenters. The van der Waals surface area contributed by atoms with E-state index in [4.69, 9.17) is 5.11 Å². The van der Waals surface area contributed by atoms with Gasteiger partial charge in [0.1, 0.15) is 0 Å². The lowest BCUT2D eigenvalue weighted by molar-refractivity contribution is 0.0697. The summed E-state index contributed by atoms with van der Waals surface area (Å²) in [6.07, 6.45) is 2.13. The first-order valence-electron chi connectivity index (χ1n) is 8.65. The number of hydrogen-bond donors (Lipinski definition) is 1. The predicted octanol–water partition coefficient (Wildman–Crippen LogP) is 4.54. The average Bonchev–Trinajstić information content (AvgIpc) is 2.60. The number of nitrogens with zero attached hydrogens (tertiary/aromatic N) is 1. The van der Waals surface area contributed by atoms with E-state index in [1.807, 2.05) is 12.1 Å². The van der Waals surface area contributed by atoms with Gasteiger partial charge < -0.3 is 5.11 Å². The maximum atomic E-state index is 11.0. The summed E-state index contributed by atoms with van der Waals surface area (Å²) in [5.74, 6) is -0.875. The van der Waals surface area contributed by atoms with Crippen molar-refractivity contribution in [1.82, 2.24) is 4.90 Å². The largest absolute Gasteiger partial charge is 0.478 e. The summed E-state index contributed by atoms with van der Waals surface area (Å²) in [5.41, 5.74) is 4.16. The molecule has 3 heteroatoms. The lowest BCUT2D eigenvalue weighted by Crippen LogP contribution is -2.35. The molecule has 128 valence electrons. The number of aryl methyl sites for hydroxylation is 1. The molecule has 0 aliphatic carbocycles. The zero-order chi connectivity index (χ0) is 17.5. The number of benzene rings is 2. The SMILES string of the molecule is CCC(Cc1ccc(C)cc1)N(CC)Cc1ccc(C(=O)O)cc1. The molecule has 0 heterocycles. The maximum Gasteiger partial charge on any atom is 0.335 e. The number of carboxylic acids is 1. The van der Waals surface area contributed by atoms with Crippen LogP contribution in [0.1, 0.15) is 47.3 Å². The van der Waals surface area contributed by atoms with Crippen molar-refractivity contribution in [2.24, 2.45) is 0 Å². The summed E-state index contributed by atoms with van der Waals surface area (Å²) in [6, 6.07) is 16.5. The van der Waals surface area contributed by atoms with Gasteiger partial charge in [-0.1, -0.05) is 55.8 Å². The molecule has 2 aromatic rings. The van der Waals surface area contributed by atoms with Gasteiger partial charge in [-0.3, -0.25) is 4.90 Å². The average molecular weight is 325 g/mol. The quantitative estimate of drug-likeness (QED) is 0.775. The van der Waals surface area contributed by atoms with Crippen LogP contribution >= 0.6 is 0 Å². The third kappa shape index (κ3) is 4.93. The number of hydrogen-bond acceptors (Lipinski definition) is 2. The molecule has 1 N–H and O–H groups in total. The van der Waals surface area contributed by atoms with Gasteiger partial charge in [0.05, 0.1) is 5.56 Å². The van der Waals surface area contributed by atoms with Gasteiger partial charge in [0.25, 0.3) is 0 Å². The number of carbonyl (C=O) groups is 1. The van der Waals surface area contributed by atoms with Crippen molar-refractivity contribution < 1.29 is 9.90 Å². The predicted molar refractivity (Wildman–Crippen MR) is 98.4 cm³/mol. The highest BCUT2D eigenvalue weighted by Gasteiger charge is 2.16. The van der Waals surface area contributed by atoms with E-state index in [1.165, 1.54) is 11.1 Å². The molecule has 0 aliphatic heterocycles. The van der Waals surface area contributed by atoms with Gasteiger partial charge in [-0.15, -0.1) is 0 Å². The van der Waals surface area contributed by atoms with Crippen molar-refractivity contribution >= 4 is 5.97 Å². The molecule has 0 aliphatic rings. The van der Waals surface area contributed by atoms with E-state index in [9.17, 15) is 4.79 Å². The van der Waals surface area contributed by atoms with Crippen LogP contribution in [-0.4, -0.2) is 28.6 Å². The fourth-order valence-corrected chi connectivity index (χ4v) is 3.01. The normalized spacial score (nSPS) is 12.3. The summed E-state index contributed by atoms with van der Waals surface area (Å²) in [4.78, 5) is 13.4. The Bertz CT molecular complexity index is 647. The molecule has 0 saturated heterocycles. The topological polar surface area (TPSA) is 40.5 Å². The molecule has 0 fully saturated rings. The molecule has 0 spiro atoms. The van der Waals surface area contributed by atoms with Crippen LogP contribution in [0.2, 0.25) is 0 Å². The molecule has 1 unspecified atom stereocenters. The van der Waals surface area contributed by atoms with E-state index in [0.29, 0.717) is 11.6 Å². The van der Waals surface area contributed by atoms with Gasteiger partial charge in [-0.2, -0.15) is 0 Å². The van der Waals surface area contributed by atoms with E-state index < -0.39 is 5.97 Å². The molecule has 24 heavy (non-hydrogen) atoms. The Labute approximate surface area is 144 Å². The minimum absolute atomic E-state index is 0.341. The van der Waals surface area contributed by atoms with Crippen molar-refractivity contribution in [3.63, 3.8) is 0 Å². The Hall–Kier alpha value is -2.13. The van der Waals surface area contributed by atoms with Crippen molar-refractivity contribution in [3.05, 3.63) is 70.8 Å². The molecular formula is C21H27NO2. The fraction of sp³-hybridized carbons (Fsp3) is 0.381. The van der Waals surface area contributed by atoms with Crippen LogP contribution in [0.15, 0.2) is 48.5 Å². The molecule has 2 aromatic carbocycles. The Balaban J connectivity index is 2.06. The summed E-state index contributed by atoms with van der Waals surface area (Å²) < 4.78 is 0. The molecule has 0 aromatic heterocycles. The summed E-state index contributed by atoms with van der Waals surface area (Å²) in [7, 11) is 0. The van der Waals surface area contributed by atoms with Crippen molar-refractivity contribution in [3.8, 4) is 0 Å². The smallest absolute Gasteiger partial charge is 0.335 e. The van der Waals surface area contributed by atoms with Crippen molar-refractivity contribution in [1.29, 1.82) is 0 Å². The monoisotopic (exact) mass is 325 g/mol. The molecule has 0 bridgehead atoms. The molecule has 2 rings (SSSR count). The highest BCUT2D eigenvalue weighted by molar-refractivity contribution is 5.87. The summed E-state index contributed by atoms with van der Waals surface area (Å²) in [5, 5.41) is 9.00. The molecule has 3 nitrogen and oxygen atoms in total. The molecule has 0 amide bonds. The van der Waals surface area contributed by atoms with E-state index >= 15 is 0 Å². The Kier molecular flexibility index (Phi) is 6.56. The van der Waals surface area contributed by atoms with Gasteiger partial charge in [-0.05, 0) is 49.6 Å². The lowest BCUT2D eigenvalue weighted by atomic mass is 10.0. The molecular weight excluding hydrogens is 298 g/mol. The van der Waals surface area contributed by atoms with Crippen LogP contribution in [0.3, 0.4) is 0 Å². The third-order valence-corrected chi connectivity index (χ3v) is 4.57. The standard InChI is InChI=1S/C21H27NO2/c1-4-20(14-17-8-6-16(3)7-9-17)22(5-2)15-18-10-12-19(13-11-18)21(23)24/h6-13,20H,4-5,14-15H2,1-3H3,(H,23,24). The van der Waals surface area contributed by atoms with Gasteiger partial charge in [0, 0.05) is 12.6 Å². The highest BCUT2D eigenvalue weighted by atomic mass is 16.4. The Morgan fingerprint density at radius 2 is 1.58 bits per heavy atom. The van der Waals surface area contributed by atoms with Crippen molar-refractivity contribution in [2.75, 3.05) is 6.54 Å². The third-order valence-electron chi connectivity index (χ3n) is 4.57. The minimum atomic E-state index is -0.875. The number of rotatable bonds is 8. The maximum absolute atomic E-state index is 11.0. The summed E-state index contributed by atoms with van der Waals surface area (Å²) >= 11 is 0. The first kappa shape index (κ1) is 18.2. The number of aromatic carboxylic acids is 1. The van der Waals surface area contributed by atoms with E-state index in [2.05, 4.69) is 49.9 Å². The van der Waals surface area contributed by atoms with E-state index in [0.717, 1.165) is 31.5 Å². The van der Waals surface area contributed by atoms with Gasteiger partial charge in [-0.25, -0.2) is 4.79 Å². The fourth-order valence-electron chi connectivity index (χ4n) is 3.01. The van der Waals surface area contributed by atoms with E-state index in [1.54, 1.807) is 12.1 Å². The highest BCUT2D eigenvalue weighted by Crippen LogP contribution is 2.16. The second-order valence-corrected chi connectivity index (χ2v) is 6.32. The summed E-state index contributed by atoms with van der Waals surface area (Å²) in [6.45, 7) is 8.35. The Morgan fingerprint density at radius 3 is 2.08 bits per heavy atom. The van der Waals surface area contributed by atoms with Gasteiger partial charge in [0.2, 0.25) is 0 Å². The van der Waals surface area contributed by atoms with Crippen LogP contribution in [0.5, 0.6) is 0 Å². The number of carboxylic acid groups (broad SMARTS) is 1. The van der Waals surface area contributed by atoms with E-state index in [-0.39, 0.29) is 0 Å². The van der Waals surface area contributed by atoms with Crippen LogP contribution < -0.4 is 0 Å². The van der Waals surface area contributed by atoms with Crippen molar-refractivity contribution in [2.45, 2.75) is 46.2 Å². The van der Waals surface area contributed by atoms with Crippen LogP contribution in [0, 0.1) is 6.92 Å². The first-order valence-corrected chi connectivity index (χ1v) is 8.65. The second-order valence-electron chi connectivity index (χ2n) is 6.32. The lowest BCUT2D eigenvalue weighted by Gasteiger charge is -2.30. The van der Waals surface area contributed by atoms with Crippen LogP contribution in [-0.2, 0) is 13.0 Å². The van der Waals surface area contributed by atoms with Crippen LogP contribution in [0.4, 0.5) is 0 Å². The van der Waals surface area contributed by atoms with Gasteiger partial charge in [0.15, 0.2) is 0 Å². The minimum Gasteiger partial charge on any atom is -0.478 e. The Morgan fingerprint density at radius 1 is 1.00 bits per heavy atom. The number of likely N-dealkylation sites (N-methyl/N-ethyl adjacent to an activating group) is 1. The molecule has 0 saturated carbocycles.